The predicted octanol–water partition coefficient (Wildman–Crippen LogP) is 4.89. The van der Waals surface area contributed by atoms with Crippen molar-refractivity contribution in [3.8, 4) is 16.9 Å². The third-order valence-corrected chi connectivity index (χ3v) is 4.65. The molecule has 33 heavy (non-hydrogen) atoms. The van der Waals surface area contributed by atoms with Crippen molar-refractivity contribution < 1.29 is 24.2 Å². The number of phenolic OH excluding ortho intramolecular Hbond substituents is 1. The Bertz CT molecular complexity index is 1150. The Hall–Kier alpha value is -3.94. The average Bonchev–Trinajstić information content (AvgIpc) is 2.76. The first-order chi connectivity index (χ1) is 15.6. The second-order valence-electron chi connectivity index (χ2n) is 8.55. The number of amides is 1. The number of benzene rings is 2. The van der Waals surface area contributed by atoms with E-state index in [1.165, 1.54) is 24.1 Å². The molecule has 1 amide bonds. The van der Waals surface area contributed by atoms with Crippen LogP contribution >= 0.6 is 0 Å². The van der Waals surface area contributed by atoms with E-state index < -0.39 is 17.7 Å². The number of ether oxygens (including phenoxy) is 2. The van der Waals surface area contributed by atoms with Crippen LogP contribution in [0.25, 0.3) is 11.1 Å². The molecule has 0 aliphatic heterocycles. The molecule has 0 unspecified atom stereocenters. The number of phenols is 1. The molecule has 0 fully saturated rings. The van der Waals surface area contributed by atoms with Crippen LogP contribution in [0.4, 0.5) is 10.7 Å². The van der Waals surface area contributed by atoms with Gasteiger partial charge in [-0.25, -0.2) is 24.5 Å². The van der Waals surface area contributed by atoms with Crippen LogP contribution in [0, 0.1) is 6.92 Å². The van der Waals surface area contributed by atoms with Gasteiger partial charge in [0.05, 0.1) is 13.7 Å². The molecule has 0 aliphatic carbocycles. The highest BCUT2D eigenvalue weighted by Gasteiger charge is 2.25. The van der Waals surface area contributed by atoms with Crippen molar-refractivity contribution in [3.63, 3.8) is 0 Å². The first-order valence-electron chi connectivity index (χ1n) is 10.4. The molecule has 1 heterocycles. The zero-order chi connectivity index (χ0) is 24.2. The molecule has 0 saturated heterocycles. The molecular weight excluding hydrogens is 422 g/mol. The lowest BCUT2D eigenvalue weighted by atomic mass is 10.1. The molecule has 3 aromatic rings. The summed E-state index contributed by atoms with van der Waals surface area (Å²) in [5.74, 6) is -0.653. The number of carbonyl (C=O) groups is 2. The second-order valence-corrected chi connectivity index (χ2v) is 8.55. The van der Waals surface area contributed by atoms with E-state index >= 15 is 0 Å². The van der Waals surface area contributed by atoms with Crippen molar-refractivity contribution >= 4 is 18.0 Å². The van der Waals surface area contributed by atoms with Crippen LogP contribution in [0.2, 0.25) is 0 Å². The van der Waals surface area contributed by atoms with E-state index in [1.54, 1.807) is 39.2 Å². The smallest absolute Gasteiger partial charge is 0.417 e. The minimum absolute atomic E-state index is 0.0360. The number of aromatic nitrogens is 2. The topological polar surface area (TPSA) is 102 Å². The molecule has 0 spiro atoms. The molecule has 0 saturated carbocycles. The molecule has 2 aromatic carbocycles. The van der Waals surface area contributed by atoms with Crippen molar-refractivity contribution in [3.05, 3.63) is 71.5 Å². The Kier molecular flexibility index (Phi) is 6.96. The SMILES string of the molecule is COC(=O)c1cc(-c2cnc(N(Cc3cccc(C)c3)C(=O)OC(C)(C)C)nc2)ccc1O. The number of anilines is 1. The second kappa shape index (κ2) is 9.68. The molecule has 1 aromatic heterocycles. The monoisotopic (exact) mass is 449 g/mol. The van der Waals surface area contributed by atoms with Gasteiger partial charge in [0.1, 0.15) is 16.9 Å². The number of aryl methyl sites for hydroxylation is 1. The fraction of sp³-hybridized carbons (Fsp3) is 0.280. The average molecular weight is 450 g/mol. The van der Waals surface area contributed by atoms with E-state index in [0.29, 0.717) is 11.1 Å². The summed E-state index contributed by atoms with van der Waals surface area (Å²) in [7, 11) is 1.24. The zero-order valence-corrected chi connectivity index (χ0v) is 19.3. The Labute approximate surface area is 192 Å². The maximum atomic E-state index is 12.9. The summed E-state index contributed by atoms with van der Waals surface area (Å²) in [4.78, 5) is 34.9. The van der Waals surface area contributed by atoms with Crippen LogP contribution in [0.15, 0.2) is 54.9 Å². The lowest BCUT2D eigenvalue weighted by Crippen LogP contribution is -2.37. The van der Waals surface area contributed by atoms with Crippen LogP contribution < -0.4 is 4.90 Å². The molecule has 8 nitrogen and oxygen atoms in total. The highest BCUT2D eigenvalue weighted by molar-refractivity contribution is 5.94. The summed E-state index contributed by atoms with van der Waals surface area (Å²) in [6.45, 7) is 7.60. The largest absolute Gasteiger partial charge is 0.507 e. The molecule has 1 N–H and O–H groups in total. The number of carbonyl (C=O) groups excluding carboxylic acids is 2. The van der Waals surface area contributed by atoms with Crippen molar-refractivity contribution in [2.75, 3.05) is 12.0 Å². The van der Waals surface area contributed by atoms with E-state index in [9.17, 15) is 14.7 Å². The minimum Gasteiger partial charge on any atom is -0.507 e. The standard InChI is InChI=1S/C25H27N3O5/c1-16-7-6-8-17(11-16)15-28(24(31)33-25(2,3)4)23-26-13-19(14-27-23)18-9-10-21(29)20(12-18)22(30)32-5/h6-14,29H,15H2,1-5H3. The molecule has 3 rings (SSSR count). The Morgan fingerprint density at radius 2 is 1.73 bits per heavy atom. The maximum absolute atomic E-state index is 12.9. The van der Waals surface area contributed by atoms with Crippen LogP contribution in [0.3, 0.4) is 0 Å². The lowest BCUT2D eigenvalue weighted by molar-refractivity contribution is 0.0571. The quantitative estimate of drug-likeness (QED) is 0.554. The Morgan fingerprint density at radius 3 is 2.33 bits per heavy atom. The molecule has 0 atom stereocenters. The van der Waals surface area contributed by atoms with Crippen molar-refractivity contribution in [1.82, 2.24) is 9.97 Å². The third-order valence-electron chi connectivity index (χ3n) is 4.65. The van der Waals surface area contributed by atoms with Gasteiger partial charge in [0.2, 0.25) is 5.95 Å². The zero-order valence-electron chi connectivity index (χ0n) is 19.3. The normalized spacial score (nSPS) is 11.1. The van der Waals surface area contributed by atoms with E-state index in [4.69, 9.17) is 9.47 Å². The first kappa shape index (κ1) is 23.7. The van der Waals surface area contributed by atoms with Crippen molar-refractivity contribution in [2.24, 2.45) is 0 Å². The molecule has 0 radical (unpaired) electrons. The van der Waals surface area contributed by atoms with Gasteiger partial charge in [0, 0.05) is 18.0 Å². The number of hydrogen-bond donors (Lipinski definition) is 1. The van der Waals surface area contributed by atoms with Gasteiger partial charge in [0.25, 0.3) is 0 Å². The van der Waals surface area contributed by atoms with Gasteiger partial charge in [0.15, 0.2) is 0 Å². The van der Waals surface area contributed by atoms with Crippen LogP contribution in [0.5, 0.6) is 5.75 Å². The van der Waals surface area contributed by atoms with E-state index in [-0.39, 0.29) is 23.8 Å². The Balaban J connectivity index is 1.93. The minimum atomic E-state index is -0.682. The van der Waals surface area contributed by atoms with E-state index in [0.717, 1.165) is 11.1 Å². The predicted molar refractivity (Wildman–Crippen MR) is 124 cm³/mol. The first-order valence-corrected chi connectivity index (χ1v) is 10.4. The number of methoxy groups -OCH3 is 1. The van der Waals surface area contributed by atoms with Crippen LogP contribution in [-0.4, -0.2) is 39.8 Å². The summed E-state index contributed by atoms with van der Waals surface area (Å²) in [5.41, 5.74) is 2.55. The van der Waals surface area contributed by atoms with Crippen molar-refractivity contribution in [2.45, 2.75) is 39.8 Å². The molecular formula is C25H27N3O5. The Morgan fingerprint density at radius 1 is 1.03 bits per heavy atom. The van der Waals surface area contributed by atoms with Gasteiger partial charge in [-0.3, -0.25) is 0 Å². The number of rotatable bonds is 5. The number of hydrogen-bond acceptors (Lipinski definition) is 7. The summed E-state index contributed by atoms with van der Waals surface area (Å²) in [6.07, 6.45) is 2.53. The summed E-state index contributed by atoms with van der Waals surface area (Å²) in [6, 6.07) is 12.3. The number of aromatic hydroxyl groups is 1. The van der Waals surface area contributed by atoms with Gasteiger partial charge < -0.3 is 14.6 Å². The van der Waals surface area contributed by atoms with Gasteiger partial charge in [-0.05, 0) is 51.0 Å². The molecule has 172 valence electrons. The van der Waals surface area contributed by atoms with Gasteiger partial charge in [-0.15, -0.1) is 0 Å². The van der Waals surface area contributed by atoms with Gasteiger partial charge in [-0.2, -0.15) is 0 Å². The summed E-state index contributed by atoms with van der Waals surface area (Å²) < 4.78 is 10.3. The molecule has 0 bridgehead atoms. The lowest BCUT2D eigenvalue weighted by Gasteiger charge is -2.26. The van der Waals surface area contributed by atoms with E-state index in [2.05, 4.69) is 9.97 Å². The molecule has 0 aliphatic rings. The van der Waals surface area contributed by atoms with Gasteiger partial charge >= 0.3 is 12.1 Å². The summed E-state index contributed by atoms with van der Waals surface area (Å²) >= 11 is 0. The van der Waals surface area contributed by atoms with Crippen molar-refractivity contribution in [1.29, 1.82) is 0 Å². The number of nitrogens with zero attached hydrogens (tertiary/aromatic N) is 3. The van der Waals surface area contributed by atoms with E-state index in [1.807, 2.05) is 31.2 Å². The van der Waals surface area contributed by atoms with Crippen LogP contribution in [0.1, 0.15) is 42.3 Å². The maximum Gasteiger partial charge on any atom is 0.417 e. The third kappa shape index (κ3) is 6.06. The fourth-order valence-corrected chi connectivity index (χ4v) is 3.13. The highest BCUT2D eigenvalue weighted by Crippen LogP contribution is 2.27. The summed E-state index contributed by atoms with van der Waals surface area (Å²) in [5, 5.41) is 9.92. The number of esters is 1. The fourth-order valence-electron chi connectivity index (χ4n) is 3.13. The van der Waals surface area contributed by atoms with Crippen LogP contribution in [-0.2, 0) is 16.0 Å². The van der Waals surface area contributed by atoms with Gasteiger partial charge in [-0.1, -0.05) is 35.9 Å². The molecule has 8 heteroatoms. The highest BCUT2D eigenvalue weighted by atomic mass is 16.6.